The first-order valence-corrected chi connectivity index (χ1v) is 9.59. The molecule has 1 fully saturated rings. The van der Waals surface area contributed by atoms with Crippen molar-refractivity contribution in [2.24, 2.45) is 0 Å². The summed E-state index contributed by atoms with van der Waals surface area (Å²) in [5.74, 6) is 0. The first-order valence-electron chi connectivity index (χ1n) is 9.59. The summed E-state index contributed by atoms with van der Waals surface area (Å²) in [6, 6.07) is 10.5. The fraction of sp³-hybridized carbons (Fsp3) is 0.700. The van der Waals surface area contributed by atoms with E-state index in [1.54, 1.807) is 0 Å². The molecule has 1 aromatic rings. The van der Waals surface area contributed by atoms with Gasteiger partial charge in [-0.05, 0) is 24.8 Å². The molecule has 0 bridgehead atoms. The zero-order valence-electron chi connectivity index (χ0n) is 15.2. The first-order chi connectivity index (χ1) is 12.6. The zero-order valence-corrected chi connectivity index (χ0v) is 15.2. The van der Waals surface area contributed by atoms with Crippen LogP contribution >= 0.6 is 0 Å². The van der Waals surface area contributed by atoms with Crippen molar-refractivity contribution in [1.82, 2.24) is 0 Å². The average molecular weight is 368 g/mol. The first kappa shape index (κ1) is 21.3. The van der Waals surface area contributed by atoms with Crippen LogP contribution in [-0.2, 0) is 15.9 Å². The van der Waals surface area contributed by atoms with E-state index in [0.29, 0.717) is 6.61 Å². The maximum Gasteiger partial charge on any atom is 0.184 e. The number of aliphatic hydroxyl groups excluding tert-OH is 4. The Kier molecular flexibility index (Phi) is 9.53. The van der Waals surface area contributed by atoms with Crippen LogP contribution in [-0.4, -0.2) is 64.3 Å². The molecule has 6 heteroatoms. The number of benzene rings is 1. The van der Waals surface area contributed by atoms with E-state index in [2.05, 4.69) is 24.3 Å². The molecule has 0 radical (unpaired) electrons. The van der Waals surface area contributed by atoms with Gasteiger partial charge >= 0.3 is 0 Å². The number of hydrogen-bond acceptors (Lipinski definition) is 6. The van der Waals surface area contributed by atoms with Crippen LogP contribution in [0.25, 0.3) is 0 Å². The van der Waals surface area contributed by atoms with Crippen LogP contribution < -0.4 is 0 Å². The smallest absolute Gasteiger partial charge is 0.184 e. The molecule has 0 saturated carbocycles. The molecule has 1 aliphatic heterocycles. The van der Waals surface area contributed by atoms with E-state index in [0.717, 1.165) is 25.7 Å². The second kappa shape index (κ2) is 11.6. The molecule has 0 aliphatic carbocycles. The minimum atomic E-state index is -1.45. The Morgan fingerprint density at radius 3 is 2.19 bits per heavy atom. The Bertz CT molecular complexity index is 482. The van der Waals surface area contributed by atoms with Gasteiger partial charge in [0.1, 0.15) is 24.4 Å². The number of unbranched alkanes of at least 4 members (excludes halogenated alkanes) is 5. The van der Waals surface area contributed by atoms with E-state index < -0.39 is 37.3 Å². The number of ether oxygens (including phenoxy) is 2. The summed E-state index contributed by atoms with van der Waals surface area (Å²) in [7, 11) is 0. The lowest BCUT2D eigenvalue weighted by molar-refractivity contribution is -0.294. The Hall–Kier alpha value is -1.02. The molecule has 0 spiro atoms. The number of hydrogen-bond donors (Lipinski definition) is 4. The van der Waals surface area contributed by atoms with E-state index >= 15 is 0 Å². The quantitative estimate of drug-likeness (QED) is 0.441. The Labute approximate surface area is 155 Å². The van der Waals surface area contributed by atoms with E-state index in [9.17, 15) is 15.3 Å². The van der Waals surface area contributed by atoms with Crippen molar-refractivity contribution in [2.75, 3.05) is 13.2 Å². The van der Waals surface area contributed by atoms with E-state index in [1.807, 2.05) is 6.07 Å². The van der Waals surface area contributed by atoms with E-state index in [1.165, 1.54) is 24.8 Å². The van der Waals surface area contributed by atoms with Crippen LogP contribution in [0.5, 0.6) is 0 Å². The molecule has 1 aromatic carbocycles. The van der Waals surface area contributed by atoms with Gasteiger partial charge < -0.3 is 29.9 Å². The summed E-state index contributed by atoms with van der Waals surface area (Å²) in [4.78, 5) is 0. The summed E-state index contributed by atoms with van der Waals surface area (Å²) in [5.41, 5.74) is 1.39. The van der Waals surface area contributed by atoms with Crippen LogP contribution in [0.4, 0.5) is 0 Å². The van der Waals surface area contributed by atoms with Crippen molar-refractivity contribution in [3.8, 4) is 0 Å². The summed E-state index contributed by atoms with van der Waals surface area (Å²) in [6.45, 7) is -0.0402. The molecule has 2 rings (SSSR count). The van der Waals surface area contributed by atoms with Gasteiger partial charge in [0.15, 0.2) is 6.29 Å². The number of aliphatic hydroxyl groups is 4. The molecule has 4 N–H and O–H groups in total. The molecule has 0 amide bonds. The third-order valence-corrected chi connectivity index (χ3v) is 4.85. The van der Waals surface area contributed by atoms with Gasteiger partial charge in [-0.25, -0.2) is 0 Å². The third kappa shape index (κ3) is 6.61. The van der Waals surface area contributed by atoms with Crippen LogP contribution in [0.15, 0.2) is 30.3 Å². The number of aryl methyl sites for hydroxylation is 1. The second-order valence-electron chi connectivity index (χ2n) is 6.92. The van der Waals surface area contributed by atoms with Crippen molar-refractivity contribution < 1.29 is 29.9 Å². The van der Waals surface area contributed by atoms with Crippen LogP contribution in [0.2, 0.25) is 0 Å². The minimum absolute atomic E-state index is 0.396. The maximum atomic E-state index is 10.0. The molecule has 6 nitrogen and oxygen atoms in total. The lowest BCUT2D eigenvalue weighted by Gasteiger charge is -2.39. The highest BCUT2D eigenvalue weighted by atomic mass is 16.6. The summed E-state index contributed by atoms with van der Waals surface area (Å²) < 4.78 is 10.5. The minimum Gasteiger partial charge on any atom is -0.394 e. The van der Waals surface area contributed by atoms with Gasteiger partial charge in [-0.1, -0.05) is 56.0 Å². The molecule has 1 saturated heterocycles. The summed E-state index contributed by atoms with van der Waals surface area (Å²) in [5, 5.41) is 38.6. The van der Waals surface area contributed by atoms with E-state index in [-0.39, 0.29) is 0 Å². The molecule has 148 valence electrons. The lowest BCUT2D eigenvalue weighted by atomic mass is 9.99. The maximum absolute atomic E-state index is 10.0. The van der Waals surface area contributed by atoms with Gasteiger partial charge in [0.25, 0.3) is 0 Å². The molecule has 0 aromatic heterocycles. The predicted octanol–water partition coefficient (Wildman–Crippen LogP) is 1.39. The third-order valence-electron chi connectivity index (χ3n) is 4.85. The molecule has 1 unspecified atom stereocenters. The largest absolute Gasteiger partial charge is 0.394 e. The Balaban J connectivity index is 1.51. The summed E-state index contributed by atoms with van der Waals surface area (Å²) >= 11 is 0. The molecule has 1 heterocycles. The number of rotatable bonds is 11. The van der Waals surface area contributed by atoms with Crippen molar-refractivity contribution in [3.63, 3.8) is 0 Å². The average Bonchev–Trinajstić information content (AvgIpc) is 2.66. The van der Waals surface area contributed by atoms with Crippen LogP contribution in [0.1, 0.15) is 44.1 Å². The highest BCUT2D eigenvalue weighted by Gasteiger charge is 2.44. The van der Waals surface area contributed by atoms with Gasteiger partial charge in [0, 0.05) is 6.61 Å². The van der Waals surface area contributed by atoms with Gasteiger partial charge in [-0.3, -0.25) is 0 Å². The van der Waals surface area contributed by atoms with Gasteiger partial charge in [0.05, 0.1) is 6.61 Å². The topological polar surface area (TPSA) is 99.4 Å². The molecular weight excluding hydrogens is 336 g/mol. The zero-order chi connectivity index (χ0) is 18.8. The lowest BCUT2D eigenvalue weighted by Crippen LogP contribution is -2.59. The van der Waals surface area contributed by atoms with Crippen molar-refractivity contribution >= 4 is 0 Å². The molecule has 1 aliphatic rings. The molecule has 26 heavy (non-hydrogen) atoms. The predicted molar refractivity (Wildman–Crippen MR) is 97.6 cm³/mol. The Morgan fingerprint density at radius 1 is 0.846 bits per heavy atom. The highest BCUT2D eigenvalue weighted by Crippen LogP contribution is 2.22. The highest BCUT2D eigenvalue weighted by molar-refractivity contribution is 5.14. The molecule has 5 atom stereocenters. The normalized spacial score (nSPS) is 29.0. The van der Waals surface area contributed by atoms with Gasteiger partial charge in [-0.2, -0.15) is 0 Å². The van der Waals surface area contributed by atoms with Crippen molar-refractivity contribution in [1.29, 1.82) is 0 Å². The van der Waals surface area contributed by atoms with Crippen molar-refractivity contribution in [2.45, 2.75) is 75.7 Å². The fourth-order valence-corrected chi connectivity index (χ4v) is 3.27. The van der Waals surface area contributed by atoms with Crippen LogP contribution in [0, 0.1) is 0 Å². The second-order valence-corrected chi connectivity index (χ2v) is 6.92. The molecular formula is C20H32O6. The summed E-state index contributed by atoms with van der Waals surface area (Å²) in [6.07, 6.45) is 1.87. The SMILES string of the molecule is OC[C@H]1OC(O)[C@H](O)[C@@H](OCCCCCCCCc2ccccc2)[C@@H]1O. The van der Waals surface area contributed by atoms with Gasteiger partial charge in [-0.15, -0.1) is 0 Å². The standard InChI is InChI=1S/C20H32O6/c21-14-16-17(22)19(18(23)20(24)26-16)25-13-9-4-2-1-3-6-10-15-11-7-5-8-12-15/h5,7-8,11-12,16-24H,1-4,6,9-10,13-14H2/t16-,17-,18-,19+,20?/m1/s1. The Morgan fingerprint density at radius 2 is 1.50 bits per heavy atom. The van der Waals surface area contributed by atoms with Gasteiger partial charge in [0.2, 0.25) is 0 Å². The van der Waals surface area contributed by atoms with Crippen LogP contribution in [0.3, 0.4) is 0 Å². The van der Waals surface area contributed by atoms with E-state index in [4.69, 9.17) is 14.6 Å². The fourth-order valence-electron chi connectivity index (χ4n) is 3.27. The van der Waals surface area contributed by atoms with Crippen molar-refractivity contribution in [3.05, 3.63) is 35.9 Å². The monoisotopic (exact) mass is 368 g/mol.